The fourth-order valence-corrected chi connectivity index (χ4v) is 5.02. The number of fused-ring (bicyclic) bond motifs is 1. The van der Waals surface area contributed by atoms with Gasteiger partial charge in [0.1, 0.15) is 0 Å². The van der Waals surface area contributed by atoms with E-state index in [0.29, 0.717) is 31.6 Å². The third-order valence-electron chi connectivity index (χ3n) is 4.49. The standard InChI is InChI=1S/C18H20BrN3O3S/c1-3-21(4-2)26(24,25)16-5-6-17-13(10-16)7-8-22(17)18(23)14-9-15(19)12-20-11-14/h5-6,9-12H,3-4,7-8H2,1-2H3. The van der Waals surface area contributed by atoms with Crippen molar-refractivity contribution in [3.63, 3.8) is 0 Å². The maximum Gasteiger partial charge on any atom is 0.259 e. The molecule has 2 heterocycles. The van der Waals surface area contributed by atoms with Crippen molar-refractivity contribution in [3.05, 3.63) is 52.3 Å². The maximum absolute atomic E-state index is 12.8. The van der Waals surface area contributed by atoms with Crippen LogP contribution in [0.3, 0.4) is 0 Å². The lowest BCUT2D eigenvalue weighted by atomic mass is 10.2. The van der Waals surface area contributed by atoms with Gasteiger partial charge in [0.15, 0.2) is 0 Å². The number of hydrogen-bond acceptors (Lipinski definition) is 4. The van der Waals surface area contributed by atoms with Crippen molar-refractivity contribution in [3.8, 4) is 0 Å². The molecule has 1 aromatic heterocycles. The van der Waals surface area contributed by atoms with Crippen LogP contribution in [0.25, 0.3) is 0 Å². The first-order valence-electron chi connectivity index (χ1n) is 8.44. The minimum atomic E-state index is -3.50. The molecule has 8 heteroatoms. The fourth-order valence-electron chi connectivity index (χ4n) is 3.15. The third-order valence-corrected chi connectivity index (χ3v) is 6.97. The highest BCUT2D eigenvalue weighted by Crippen LogP contribution is 2.32. The Morgan fingerprint density at radius 2 is 1.96 bits per heavy atom. The molecule has 1 aliphatic heterocycles. The Bertz CT molecular complexity index is 942. The van der Waals surface area contributed by atoms with Gasteiger partial charge in [0.2, 0.25) is 10.0 Å². The Balaban J connectivity index is 1.93. The summed E-state index contributed by atoms with van der Waals surface area (Å²) in [6.45, 7) is 5.02. The van der Waals surface area contributed by atoms with Crippen LogP contribution >= 0.6 is 15.9 Å². The number of sulfonamides is 1. The van der Waals surface area contributed by atoms with Crippen molar-refractivity contribution in [2.24, 2.45) is 0 Å². The Labute approximate surface area is 162 Å². The molecule has 0 bridgehead atoms. The van der Waals surface area contributed by atoms with Crippen LogP contribution in [0, 0.1) is 0 Å². The smallest absolute Gasteiger partial charge is 0.259 e. The van der Waals surface area contributed by atoms with Crippen molar-refractivity contribution >= 4 is 37.5 Å². The van der Waals surface area contributed by atoms with E-state index in [9.17, 15) is 13.2 Å². The highest BCUT2D eigenvalue weighted by molar-refractivity contribution is 9.10. The number of aromatic nitrogens is 1. The number of rotatable bonds is 5. The SMILES string of the molecule is CCN(CC)S(=O)(=O)c1ccc2c(c1)CCN2C(=O)c1cncc(Br)c1. The van der Waals surface area contributed by atoms with Crippen LogP contribution in [0.15, 0.2) is 46.0 Å². The molecule has 1 aliphatic rings. The summed E-state index contributed by atoms with van der Waals surface area (Å²) in [4.78, 5) is 18.8. The van der Waals surface area contributed by atoms with Crippen molar-refractivity contribution in [2.75, 3.05) is 24.5 Å². The third kappa shape index (κ3) is 3.41. The number of carbonyl (C=O) groups excluding carboxylic acids is 1. The first kappa shape index (κ1) is 19.0. The van der Waals surface area contributed by atoms with Crippen LogP contribution in [0.5, 0.6) is 0 Å². The summed E-state index contributed by atoms with van der Waals surface area (Å²) in [5, 5.41) is 0. The molecule has 0 fully saturated rings. The molecular weight excluding hydrogens is 418 g/mol. The summed E-state index contributed by atoms with van der Waals surface area (Å²) in [6, 6.07) is 6.72. The van der Waals surface area contributed by atoms with E-state index in [1.807, 2.05) is 13.8 Å². The number of carbonyl (C=O) groups is 1. The zero-order valence-corrected chi connectivity index (χ0v) is 17.0. The molecule has 138 valence electrons. The van der Waals surface area contributed by atoms with Gasteiger partial charge in [-0.05, 0) is 52.2 Å². The molecule has 0 N–H and O–H groups in total. The van der Waals surface area contributed by atoms with E-state index >= 15 is 0 Å². The number of anilines is 1. The lowest BCUT2D eigenvalue weighted by Gasteiger charge is -2.20. The molecule has 0 radical (unpaired) electrons. The van der Waals surface area contributed by atoms with E-state index in [1.165, 1.54) is 10.5 Å². The summed E-state index contributed by atoms with van der Waals surface area (Å²) in [6.07, 6.45) is 3.79. The molecule has 1 amide bonds. The summed E-state index contributed by atoms with van der Waals surface area (Å²) in [5.74, 6) is -0.142. The number of nitrogens with zero attached hydrogens (tertiary/aromatic N) is 3. The van der Waals surface area contributed by atoms with Crippen LogP contribution in [0.4, 0.5) is 5.69 Å². The van der Waals surface area contributed by atoms with Crippen LogP contribution in [-0.4, -0.2) is 43.2 Å². The Morgan fingerprint density at radius 1 is 1.23 bits per heavy atom. The number of halogens is 1. The molecule has 0 unspecified atom stereocenters. The van der Waals surface area contributed by atoms with Gasteiger partial charge in [0, 0.05) is 42.2 Å². The number of hydrogen-bond donors (Lipinski definition) is 0. The summed E-state index contributed by atoms with van der Waals surface area (Å²) < 4.78 is 27.6. The van der Waals surface area contributed by atoms with Crippen LogP contribution in [0.2, 0.25) is 0 Å². The second-order valence-corrected chi connectivity index (χ2v) is 8.83. The quantitative estimate of drug-likeness (QED) is 0.720. The van der Waals surface area contributed by atoms with Crippen LogP contribution in [0.1, 0.15) is 29.8 Å². The molecule has 0 saturated carbocycles. The molecule has 0 aliphatic carbocycles. The first-order valence-corrected chi connectivity index (χ1v) is 10.7. The van der Waals surface area contributed by atoms with E-state index in [-0.39, 0.29) is 10.8 Å². The average molecular weight is 438 g/mol. The van der Waals surface area contributed by atoms with Crippen molar-refractivity contribution in [2.45, 2.75) is 25.2 Å². The average Bonchev–Trinajstić information content (AvgIpc) is 3.05. The second-order valence-electron chi connectivity index (χ2n) is 5.98. The number of pyridine rings is 1. The van der Waals surface area contributed by atoms with Crippen LogP contribution in [-0.2, 0) is 16.4 Å². The van der Waals surface area contributed by atoms with Crippen molar-refractivity contribution < 1.29 is 13.2 Å². The van der Waals surface area contributed by atoms with Gasteiger partial charge in [-0.15, -0.1) is 0 Å². The lowest BCUT2D eigenvalue weighted by molar-refractivity contribution is 0.0989. The number of amides is 1. The number of benzene rings is 1. The van der Waals surface area contributed by atoms with E-state index in [1.54, 1.807) is 35.4 Å². The minimum absolute atomic E-state index is 0.142. The topological polar surface area (TPSA) is 70.6 Å². The van der Waals surface area contributed by atoms with Crippen LogP contribution < -0.4 is 4.90 Å². The predicted octanol–water partition coefficient (Wildman–Crippen LogP) is 3.08. The van der Waals surface area contributed by atoms with Gasteiger partial charge >= 0.3 is 0 Å². The lowest BCUT2D eigenvalue weighted by Crippen LogP contribution is -2.30. The van der Waals surface area contributed by atoms with E-state index in [2.05, 4.69) is 20.9 Å². The Hall–Kier alpha value is -1.77. The molecule has 0 saturated heterocycles. The summed E-state index contributed by atoms with van der Waals surface area (Å²) >= 11 is 3.32. The molecular formula is C18H20BrN3O3S. The highest BCUT2D eigenvalue weighted by atomic mass is 79.9. The van der Waals surface area contributed by atoms with Crippen molar-refractivity contribution in [1.82, 2.24) is 9.29 Å². The van der Waals surface area contributed by atoms with E-state index in [0.717, 1.165) is 15.7 Å². The summed E-state index contributed by atoms with van der Waals surface area (Å²) in [5.41, 5.74) is 2.12. The summed E-state index contributed by atoms with van der Waals surface area (Å²) in [7, 11) is -3.50. The largest absolute Gasteiger partial charge is 0.308 e. The molecule has 0 spiro atoms. The van der Waals surface area contributed by atoms with Gasteiger partial charge in [-0.25, -0.2) is 8.42 Å². The highest BCUT2D eigenvalue weighted by Gasteiger charge is 2.29. The fraction of sp³-hybridized carbons (Fsp3) is 0.333. The molecule has 26 heavy (non-hydrogen) atoms. The van der Waals surface area contributed by atoms with Gasteiger partial charge in [-0.3, -0.25) is 9.78 Å². The van der Waals surface area contributed by atoms with E-state index < -0.39 is 10.0 Å². The monoisotopic (exact) mass is 437 g/mol. The normalized spacial score (nSPS) is 13.9. The molecule has 1 aromatic carbocycles. The van der Waals surface area contributed by atoms with E-state index in [4.69, 9.17) is 0 Å². The second kappa shape index (κ2) is 7.46. The Morgan fingerprint density at radius 3 is 2.62 bits per heavy atom. The first-order chi connectivity index (χ1) is 12.4. The molecule has 2 aromatic rings. The maximum atomic E-state index is 12.8. The Kier molecular flexibility index (Phi) is 5.45. The molecule has 3 rings (SSSR count). The zero-order chi connectivity index (χ0) is 18.9. The van der Waals surface area contributed by atoms with Gasteiger partial charge in [0.25, 0.3) is 5.91 Å². The van der Waals surface area contributed by atoms with Gasteiger partial charge in [-0.1, -0.05) is 13.8 Å². The van der Waals surface area contributed by atoms with Gasteiger partial charge in [0.05, 0.1) is 10.5 Å². The van der Waals surface area contributed by atoms with Crippen molar-refractivity contribution in [1.29, 1.82) is 0 Å². The van der Waals surface area contributed by atoms with Gasteiger partial charge in [-0.2, -0.15) is 4.31 Å². The molecule has 6 nitrogen and oxygen atoms in total. The van der Waals surface area contributed by atoms with Gasteiger partial charge < -0.3 is 4.90 Å². The molecule has 0 atom stereocenters. The predicted molar refractivity (Wildman–Crippen MR) is 104 cm³/mol. The zero-order valence-electron chi connectivity index (χ0n) is 14.6. The minimum Gasteiger partial charge on any atom is -0.308 e.